The number of hydrogen-bond donors (Lipinski definition) is 0. The van der Waals surface area contributed by atoms with Gasteiger partial charge in [-0.15, -0.1) is 23.4 Å². The summed E-state index contributed by atoms with van der Waals surface area (Å²) in [4.78, 5) is 0.0746. The zero-order valence-electron chi connectivity index (χ0n) is 20.4. The van der Waals surface area contributed by atoms with E-state index in [0.29, 0.717) is 22.3 Å². The first-order valence-corrected chi connectivity index (χ1v) is 12.2. The maximum absolute atomic E-state index is 14.2. The summed E-state index contributed by atoms with van der Waals surface area (Å²) in [5.74, 6) is -57.6. The van der Waals surface area contributed by atoms with Crippen LogP contribution in [0, 0.1) is 13.8 Å². The Morgan fingerprint density at radius 3 is 1.51 bits per heavy atom. The summed E-state index contributed by atoms with van der Waals surface area (Å²) in [6.07, 6.45) is -10.3. The number of halogens is 18. The third kappa shape index (κ3) is 6.23. The lowest BCUT2D eigenvalue weighted by atomic mass is 9.88. The van der Waals surface area contributed by atoms with Crippen molar-refractivity contribution in [3.63, 3.8) is 0 Å². The van der Waals surface area contributed by atoms with E-state index in [1.807, 2.05) is 0 Å². The van der Waals surface area contributed by atoms with E-state index in [0.717, 1.165) is 0 Å². The molecule has 0 fully saturated rings. The van der Waals surface area contributed by atoms with E-state index in [-0.39, 0.29) is 29.0 Å². The maximum atomic E-state index is 14.2. The molecular formula is C22H18ClF17S. The average molecular weight is 673 g/mol. The van der Waals surface area contributed by atoms with Gasteiger partial charge in [0.25, 0.3) is 0 Å². The van der Waals surface area contributed by atoms with E-state index < -0.39 is 59.8 Å². The van der Waals surface area contributed by atoms with E-state index in [2.05, 4.69) is 6.58 Å². The fraction of sp³-hybridized carbons (Fsp3) is 0.636. The number of thioether (sulfide) groups is 1. The van der Waals surface area contributed by atoms with Crippen LogP contribution in [0.1, 0.15) is 23.1 Å². The number of rotatable bonds is 13. The van der Waals surface area contributed by atoms with Crippen LogP contribution in [0.25, 0.3) is 0 Å². The molecule has 0 unspecified atom stereocenters. The fourth-order valence-corrected chi connectivity index (χ4v) is 4.60. The molecule has 0 aliphatic heterocycles. The van der Waals surface area contributed by atoms with E-state index in [4.69, 9.17) is 11.6 Å². The smallest absolute Gasteiger partial charge is 0.200 e. The van der Waals surface area contributed by atoms with E-state index in [1.54, 1.807) is 6.07 Å². The minimum atomic E-state index is -8.63. The Morgan fingerprint density at radius 1 is 0.683 bits per heavy atom. The standard InChI is InChI=1S/C22H18ClF17S/c1-10-6-12(3)13(7-11(2)9-23)14(8-10)41-5-4-15(24,25)16(26,27)17(28,29)18(30,31)19(32,33)20(34,35)21(36,37)22(38,39)40/h6,8H,2,4-5,7,9H2,1,3H3. The lowest BCUT2D eigenvalue weighted by molar-refractivity contribution is -0.461. The van der Waals surface area contributed by atoms with Crippen LogP contribution in [0.15, 0.2) is 29.2 Å². The number of aryl methyl sites for hydroxylation is 2. The Labute approximate surface area is 230 Å². The Kier molecular flexibility index (Phi) is 10.5. The molecule has 0 saturated heterocycles. The monoisotopic (exact) mass is 672 g/mol. The van der Waals surface area contributed by atoms with E-state index in [1.165, 1.54) is 19.9 Å². The predicted octanol–water partition coefficient (Wildman–Crippen LogP) is 10.1. The van der Waals surface area contributed by atoms with Crippen molar-refractivity contribution in [2.24, 2.45) is 0 Å². The summed E-state index contributed by atoms with van der Waals surface area (Å²) in [6.45, 7) is 6.63. The van der Waals surface area contributed by atoms with Crippen molar-refractivity contribution in [1.29, 1.82) is 0 Å². The molecule has 0 aliphatic carbocycles. The summed E-state index contributed by atoms with van der Waals surface area (Å²) < 4.78 is 228. The predicted molar refractivity (Wildman–Crippen MR) is 116 cm³/mol. The highest BCUT2D eigenvalue weighted by molar-refractivity contribution is 7.99. The molecule has 0 atom stereocenters. The van der Waals surface area contributed by atoms with E-state index in [9.17, 15) is 74.6 Å². The summed E-state index contributed by atoms with van der Waals surface area (Å²) in [7, 11) is 0. The Morgan fingerprint density at radius 2 is 1.10 bits per heavy atom. The summed E-state index contributed by atoms with van der Waals surface area (Å²) in [5, 5.41) is 0. The first-order chi connectivity index (χ1) is 18.0. The molecule has 0 nitrogen and oxygen atoms in total. The molecule has 1 rings (SSSR count). The Balaban J connectivity index is 3.41. The highest BCUT2D eigenvalue weighted by atomic mass is 35.5. The first kappa shape index (κ1) is 37.4. The topological polar surface area (TPSA) is 0 Å². The van der Waals surface area contributed by atoms with Crippen LogP contribution in [0.3, 0.4) is 0 Å². The van der Waals surface area contributed by atoms with Crippen LogP contribution in [0.2, 0.25) is 0 Å². The number of hydrogen-bond acceptors (Lipinski definition) is 1. The van der Waals surface area contributed by atoms with Gasteiger partial charge in [-0.25, -0.2) is 0 Å². The molecule has 0 aliphatic rings. The van der Waals surface area contributed by atoms with Gasteiger partial charge >= 0.3 is 47.6 Å². The number of alkyl halides is 18. The zero-order valence-corrected chi connectivity index (χ0v) is 22.0. The Bertz CT molecular complexity index is 1110. The maximum Gasteiger partial charge on any atom is 0.460 e. The molecule has 41 heavy (non-hydrogen) atoms. The molecule has 19 heteroatoms. The first-order valence-electron chi connectivity index (χ1n) is 10.6. The largest absolute Gasteiger partial charge is 0.460 e. The second-order valence-corrected chi connectivity index (χ2v) is 10.3. The molecular weight excluding hydrogens is 655 g/mol. The van der Waals surface area contributed by atoms with Crippen LogP contribution in [0.5, 0.6) is 0 Å². The molecule has 0 spiro atoms. The molecule has 0 amide bonds. The fourth-order valence-electron chi connectivity index (χ4n) is 3.25. The summed E-state index contributed by atoms with van der Waals surface area (Å²) in [6, 6.07) is 2.90. The van der Waals surface area contributed by atoms with Crippen molar-refractivity contribution in [2.75, 3.05) is 11.6 Å². The molecule has 0 radical (unpaired) electrons. The molecule has 0 aromatic heterocycles. The lowest BCUT2D eigenvalue weighted by Gasteiger charge is -2.42. The van der Waals surface area contributed by atoms with Gasteiger partial charge in [0.2, 0.25) is 0 Å². The lowest BCUT2D eigenvalue weighted by Crippen LogP contribution is -2.74. The molecule has 1 aromatic carbocycles. The molecule has 0 heterocycles. The van der Waals surface area contributed by atoms with Gasteiger partial charge in [-0.1, -0.05) is 18.2 Å². The van der Waals surface area contributed by atoms with Gasteiger partial charge < -0.3 is 0 Å². The normalized spacial score (nSPS) is 14.9. The minimum Gasteiger partial charge on any atom is -0.200 e. The van der Waals surface area contributed by atoms with Crippen LogP contribution < -0.4 is 0 Å². The van der Waals surface area contributed by atoms with Gasteiger partial charge in [-0.3, -0.25) is 0 Å². The zero-order chi connectivity index (χ0) is 32.8. The van der Waals surface area contributed by atoms with Gasteiger partial charge in [0.05, 0.1) is 0 Å². The SMILES string of the molecule is C=C(CCl)Cc1c(C)cc(C)cc1SCCC(F)(F)C(F)(F)C(F)(F)C(F)(F)C(F)(F)C(F)(F)C(F)(F)C(F)(F)F. The molecule has 0 bridgehead atoms. The third-order valence-corrected chi connectivity index (χ3v) is 7.11. The van der Waals surface area contributed by atoms with Gasteiger partial charge in [-0.05, 0) is 43.0 Å². The second-order valence-electron chi connectivity index (χ2n) is 8.87. The Hall–Kier alpha value is -1.59. The number of allylic oxidation sites excluding steroid dienone is 1. The van der Waals surface area contributed by atoms with Gasteiger partial charge in [0.1, 0.15) is 0 Å². The highest BCUT2D eigenvalue weighted by Gasteiger charge is 2.95. The van der Waals surface area contributed by atoms with Gasteiger partial charge in [-0.2, -0.15) is 74.6 Å². The van der Waals surface area contributed by atoms with Crippen LogP contribution in [0.4, 0.5) is 74.6 Å². The summed E-state index contributed by atoms with van der Waals surface area (Å²) in [5.41, 5.74) is 1.71. The van der Waals surface area contributed by atoms with Crippen molar-refractivity contribution in [3.05, 3.63) is 41.0 Å². The van der Waals surface area contributed by atoms with Crippen LogP contribution in [-0.2, 0) is 6.42 Å². The molecule has 238 valence electrons. The van der Waals surface area contributed by atoms with Crippen molar-refractivity contribution >= 4 is 23.4 Å². The average Bonchev–Trinajstić information content (AvgIpc) is 2.79. The van der Waals surface area contributed by atoms with Gasteiger partial charge in [0, 0.05) is 22.9 Å². The second kappa shape index (κ2) is 11.5. The highest BCUT2D eigenvalue weighted by Crippen LogP contribution is 2.64. The third-order valence-electron chi connectivity index (χ3n) is 5.65. The van der Waals surface area contributed by atoms with Crippen molar-refractivity contribution in [2.45, 2.75) is 79.2 Å². The summed E-state index contributed by atoms with van der Waals surface area (Å²) >= 11 is 5.90. The minimum absolute atomic E-state index is 0.0145. The van der Waals surface area contributed by atoms with Crippen molar-refractivity contribution < 1.29 is 74.6 Å². The number of benzene rings is 1. The molecule has 0 saturated carbocycles. The van der Waals surface area contributed by atoms with Crippen LogP contribution in [-0.4, -0.2) is 59.3 Å². The van der Waals surface area contributed by atoms with Crippen molar-refractivity contribution in [1.82, 2.24) is 0 Å². The van der Waals surface area contributed by atoms with Crippen molar-refractivity contribution in [3.8, 4) is 0 Å². The molecule has 1 aromatic rings. The molecule has 0 N–H and O–H groups in total. The van der Waals surface area contributed by atoms with E-state index >= 15 is 0 Å². The van der Waals surface area contributed by atoms with Gasteiger partial charge in [0.15, 0.2) is 0 Å². The van der Waals surface area contributed by atoms with Crippen LogP contribution >= 0.6 is 23.4 Å². The quantitative estimate of drug-likeness (QED) is 0.0870.